The molecule has 1 heterocycles. The van der Waals surface area contributed by atoms with Crippen LogP contribution in [-0.4, -0.2) is 46.1 Å². The van der Waals surface area contributed by atoms with E-state index in [9.17, 15) is 9.90 Å². The minimum Gasteiger partial charge on any atom is -0.475 e. The number of hydrogen-bond acceptors (Lipinski definition) is 5. The van der Waals surface area contributed by atoms with E-state index in [1.165, 1.54) is 0 Å². The first-order chi connectivity index (χ1) is 10.0. The third-order valence-electron chi connectivity index (χ3n) is 3.51. The molecule has 0 aliphatic heterocycles. The second-order valence-corrected chi connectivity index (χ2v) is 5.92. The Kier molecular flexibility index (Phi) is 5.01. The number of hydrogen-bond donors (Lipinski definition) is 1. The lowest BCUT2D eigenvalue weighted by Gasteiger charge is -2.27. The number of carbonyl (C=O) groups is 1. The number of fused-ring (bicyclic) bond motifs is 1. The first kappa shape index (κ1) is 15.6. The predicted octanol–water partition coefficient (Wildman–Crippen LogP) is 2.91. The van der Waals surface area contributed by atoms with Gasteiger partial charge in [-0.15, -0.1) is 0 Å². The maximum atomic E-state index is 11.2. The van der Waals surface area contributed by atoms with Crippen molar-refractivity contribution >= 4 is 34.5 Å². The summed E-state index contributed by atoms with van der Waals surface area (Å²) in [6.07, 6.45) is 3.09. The van der Waals surface area contributed by atoms with Gasteiger partial charge in [-0.1, -0.05) is 12.1 Å². The van der Waals surface area contributed by atoms with Crippen molar-refractivity contribution in [3.05, 3.63) is 30.1 Å². The van der Waals surface area contributed by atoms with Crippen molar-refractivity contribution in [2.45, 2.75) is 19.4 Å². The number of aromatic carboxylic acids is 1. The van der Waals surface area contributed by atoms with Gasteiger partial charge in [-0.25, -0.2) is 14.8 Å². The first-order valence-electron chi connectivity index (χ1n) is 6.76. The van der Waals surface area contributed by atoms with Crippen molar-refractivity contribution in [1.82, 2.24) is 9.97 Å². The number of thioether (sulfide) groups is 1. The largest absolute Gasteiger partial charge is 0.475 e. The molecule has 6 heteroatoms. The highest BCUT2D eigenvalue weighted by Crippen LogP contribution is 2.25. The SMILES string of the molecule is CSCCC(C)N(C)c1nc(C(=O)O)nc2ccccc12. The second-order valence-electron chi connectivity index (χ2n) is 4.93. The number of rotatable bonds is 6. The van der Waals surface area contributed by atoms with Crippen LogP contribution in [0.5, 0.6) is 0 Å². The Balaban J connectivity index is 2.47. The number of carboxylic acids is 1. The molecule has 0 spiro atoms. The van der Waals surface area contributed by atoms with Crippen LogP contribution in [0.1, 0.15) is 24.0 Å². The summed E-state index contributed by atoms with van der Waals surface area (Å²) >= 11 is 1.80. The Morgan fingerprint density at radius 2 is 2.10 bits per heavy atom. The zero-order chi connectivity index (χ0) is 15.4. The molecule has 2 rings (SSSR count). The quantitative estimate of drug-likeness (QED) is 0.885. The molecule has 1 unspecified atom stereocenters. The number of para-hydroxylation sites is 1. The standard InChI is InChI=1S/C15H19N3O2S/c1-10(8-9-21-3)18(2)14-11-6-4-5-7-12(11)16-13(17-14)15(19)20/h4-7,10H,8-9H2,1-3H3,(H,19,20). The van der Waals surface area contributed by atoms with Crippen LogP contribution in [0.3, 0.4) is 0 Å². The lowest BCUT2D eigenvalue weighted by Crippen LogP contribution is -2.31. The van der Waals surface area contributed by atoms with Crippen LogP contribution >= 0.6 is 11.8 Å². The lowest BCUT2D eigenvalue weighted by atomic mass is 10.2. The molecule has 1 N–H and O–H groups in total. The molecule has 1 aromatic heterocycles. The summed E-state index contributed by atoms with van der Waals surface area (Å²) in [6, 6.07) is 7.77. The summed E-state index contributed by atoms with van der Waals surface area (Å²) in [6.45, 7) is 2.12. The Morgan fingerprint density at radius 3 is 2.76 bits per heavy atom. The second kappa shape index (κ2) is 6.76. The molecule has 2 aromatic rings. The van der Waals surface area contributed by atoms with E-state index in [1.807, 2.05) is 36.2 Å². The molecule has 1 atom stereocenters. The molecule has 21 heavy (non-hydrogen) atoms. The summed E-state index contributed by atoms with van der Waals surface area (Å²) in [5.74, 6) is 0.465. The average Bonchev–Trinajstić information content (AvgIpc) is 2.50. The van der Waals surface area contributed by atoms with E-state index in [0.717, 1.165) is 17.6 Å². The van der Waals surface area contributed by atoms with Crippen molar-refractivity contribution in [3.63, 3.8) is 0 Å². The van der Waals surface area contributed by atoms with Crippen LogP contribution in [0.15, 0.2) is 24.3 Å². The van der Waals surface area contributed by atoms with E-state index >= 15 is 0 Å². The highest BCUT2D eigenvalue weighted by Gasteiger charge is 2.18. The molecule has 0 amide bonds. The van der Waals surface area contributed by atoms with Gasteiger partial charge in [-0.3, -0.25) is 0 Å². The van der Waals surface area contributed by atoms with E-state index < -0.39 is 5.97 Å². The molecule has 0 radical (unpaired) electrons. The van der Waals surface area contributed by atoms with Gasteiger partial charge in [0.15, 0.2) is 0 Å². The number of benzene rings is 1. The summed E-state index contributed by atoms with van der Waals surface area (Å²) in [4.78, 5) is 21.6. The van der Waals surface area contributed by atoms with Gasteiger partial charge in [-0.05, 0) is 37.5 Å². The zero-order valence-electron chi connectivity index (χ0n) is 12.4. The fourth-order valence-corrected chi connectivity index (χ4v) is 2.69. The number of aromatic nitrogens is 2. The van der Waals surface area contributed by atoms with Crippen LogP contribution in [-0.2, 0) is 0 Å². The van der Waals surface area contributed by atoms with Crippen molar-refractivity contribution in [2.24, 2.45) is 0 Å². The van der Waals surface area contributed by atoms with E-state index in [0.29, 0.717) is 11.3 Å². The maximum absolute atomic E-state index is 11.2. The average molecular weight is 305 g/mol. The summed E-state index contributed by atoms with van der Waals surface area (Å²) in [7, 11) is 1.95. The van der Waals surface area contributed by atoms with Crippen LogP contribution in [0.25, 0.3) is 10.9 Å². The van der Waals surface area contributed by atoms with Gasteiger partial charge in [0.05, 0.1) is 5.52 Å². The van der Waals surface area contributed by atoms with Crippen molar-refractivity contribution in [1.29, 1.82) is 0 Å². The topological polar surface area (TPSA) is 66.3 Å². The van der Waals surface area contributed by atoms with Gasteiger partial charge in [-0.2, -0.15) is 11.8 Å². The van der Waals surface area contributed by atoms with Crippen LogP contribution < -0.4 is 4.90 Å². The third-order valence-corrected chi connectivity index (χ3v) is 4.15. The summed E-state index contributed by atoms with van der Waals surface area (Å²) < 4.78 is 0. The minimum atomic E-state index is -1.10. The van der Waals surface area contributed by atoms with Crippen LogP contribution in [0.4, 0.5) is 5.82 Å². The van der Waals surface area contributed by atoms with Crippen molar-refractivity contribution < 1.29 is 9.90 Å². The Morgan fingerprint density at radius 1 is 1.38 bits per heavy atom. The highest BCUT2D eigenvalue weighted by atomic mass is 32.2. The fourth-order valence-electron chi connectivity index (χ4n) is 2.12. The molecule has 0 saturated carbocycles. The Bertz CT molecular complexity index is 648. The smallest absolute Gasteiger partial charge is 0.374 e. The van der Waals surface area contributed by atoms with E-state index in [2.05, 4.69) is 23.1 Å². The normalized spacial score (nSPS) is 12.3. The lowest BCUT2D eigenvalue weighted by molar-refractivity contribution is 0.0684. The number of carboxylic acid groups (broad SMARTS) is 1. The van der Waals surface area contributed by atoms with E-state index in [4.69, 9.17) is 0 Å². The molecule has 0 bridgehead atoms. The molecular formula is C15H19N3O2S. The predicted molar refractivity (Wildman–Crippen MR) is 87.4 cm³/mol. The van der Waals surface area contributed by atoms with Gasteiger partial charge in [0.1, 0.15) is 5.82 Å². The zero-order valence-corrected chi connectivity index (χ0v) is 13.2. The molecule has 112 valence electrons. The third kappa shape index (κ3) is 3.44. The first-order valence-corrected chi connectivity index (χ1v) is 8.15. The summed E-state index contributed by atoms with van der Waals surface area (Å²) in [5.41, 5.74) is 0.656. The molecule has 0 aliphatic carbocycles. The Hall–Kier alpha value is -1.82. The van der Waals surface area contributed by atoms with Crippen LogP contribution in [0, 0.1) is 0 Å². The minimum absolute atomic E-state index is 0.160. The monoisotopic (exact) mass is 305 g/mol. The van der Waals surface area contributed by atoms with Crippen molar-refractivity contribution in [2.75, 3.05) is 24.0 Å². The highest BCUT2D eigenvalue weighted by molar-refractivity contribution is 7.98. The van der Waals surface area contributed by atoms with Gasteiger partial charge in [0, 0.05) is 18.5 Å². The maximum Gasteiger partial charge on any atom is 0.374 e. The van der Waals surface area contributed by atoms with Gasteiger partial charge < -0.3 is 10.0 Å². The molecule has 5 nitrogen and oxygen atoms in total. The molecular weight excluding hydrogens is 286 g/mol. The number of nitrogens with zero attached hydrogens (tertiary/aromatic N) is 3. The molecule has 0 aliphatic rings. The van der Waals surface area contributed by atoms with Crippen molar-refractivity contribution in [3.8, 4) is 0 Å². The number of anilines is 1. The Labute approximate surface area is 128 Å². The molecule has 0 saturated heterocycles. The van der Waals surface area contributed by atoms with Gasteiger partial charge >= 0.3 is 5.97 Å². The summed E-state index contributed by atoms with van der Waals surface area (Å²) in [5, 5.41) is 10.1. The van der Waals surface area contributed by atoms with Gasteiger partial charge in [0.25, 0.3) is 0 Å². The molecule has 0 fully saturated rings. The van der Waals surface area contributed by atoms with Crippen LogP contribution in [0.2, 0.25) is 0 Å². The van der Waals surface area contributed by atoms with E-state index in [-0.39, 0.29) is 11.9 Å². The fraction of sp³-hybridized carbons (Fsp3) is 0.400. The van der Waals surface area contributed by atoms with E-state index in [1.54, 1.807) is 11.8 Å². The van der Waals surface area contributed by atoms with Gasteiger partial charge in [0.2, 0.25) is 5.82 Å². The molecule has 1 aromatic carbocycles.